The SMILES string of the molecule is CCCc1nc(Br)cc(-c2cccc(C)c2C)n1. The lowest BCUT2D eigenvalue weighted by molar-refractivity contribution is 0.831. The summed E-state index contributed by atoms with van der Waals surface area (Å²) < 4.78 is 0.858. The van der Waals surface area contributed by atoms with E-state index in [1.54, 1.807) is 0 Å². The van der Waals surface area contributed by atoms with E-state index in [1.807, 2.05) is 6.07 Å². The van der Waals surface area contributed by atoms with Crippen LogP contribution in [0, 0.1) is 13.8 Å². The summed E-state index contributed by atoms with van der Waals surface area (Å²) >= 11 is 3.47. The Kier molecular flexibility index (Phi) is 4.12. The largest absolute Gasteiger partial charge is 0.233 e. The van der Waals surface area contributed by atoms with Crippen LogP contribution in [-0.4, -0.2) is 9.97 Å². The van der Waals surface area contributed by atoms with Crippen LogP contribution in [0.2, 0.25) is 0 Å². The average Bonchev–Trinajstić information content (AvgIpc) is 2.32. The second-order valence-electron chi connectivity index (χ2n) is 4.49. The highest BCUT2D eigenvalue weighted by molar-refractivity contribution is 9.10. The van der Waals surface area contributed by atoms with Crippen molar-refractivity contribution in [3.8, 4) is 11.3 Å². The summed E-state index contributed by atoms with van der Waals surface area (Å²) in [6.45, 7) is 6.41. The molecule has 94 valence electrons. The standard InChI is InChI=1S/C15H17BrN2/c1-4-6-15-17-13(9-14(16)18-15)12-8-5-7-10(2)11(12)3/h5,7-9H,4,6H2,1-3H3. The molecule has 0 unspecified atom stereocenters. The summed E-state index contributed by atoms with van der Waals surface area (Å²) in [5.41, 5.74) is 4.77. The number of hydrogen-bond acceptors (Lipinski definition) is 2. The molecule has 0 amide bonds. The molecule has 0 fully saturated rings. The van der Waals surface area contributed by atoms with Gasteiger partial charge in [0.25, 0.3) is 0 Å². The molecule has 0 aliphatic carbocycles. The molecule has 0 N–H and O–H groups in total. The van der Waals surface area contributed by atoms with Crippen LogP contribution in [-0.2, 0) is 6.42 Å². The molecule has 1 heterocycles. The van der Waals surface area contributed by atoms with Crippen molar-refractivity contribution in [2.45, 2.75) is 33.6 Å². The number of aryl methyl sites for hydroxylation is 2. The van der Waals surface area contributed by atoms with E-state index in [0.29, 0.717) is 0 Å². The van der Waals surface area contributed by atoms with Crippen LogP contribution in [0.4, 0.5) is 0 Å². The van der Waals surface area contributed by atoms with E-state index in [-0.39, 0.29) is 0 Å². The Morgan fingerprint density at radius 3 is 2.67 bits per heavy atom. The predicted molar refractivity (Wildman–Crippen MR) is 78.6 cm³/mol. The van der Waals surface area contributed by atoms with Crippen molar-refractivity contribution in [3.05, 3.63) is 45.8 Å². The highest BCUT2D eigenvalue weighted by atomic mass is 79.9. The Labute approximate surface area is 117 Å². The van der Waals surface area contributed by atoms with Crippen LogP contribution in [0.25, 0.3) is 11.3 Å². The molecule has 2 nitrogen and oxygen atoms in total. The van der Waals surface area contributed by atoms with Gasteiger partial charge in [-0.3, -0.25) is 0 Å². The minimum absolute atomic E-state index is 0.858. The second-order valence-corrected chi connectivity index (χ2v) is 5.30. The molecule has 1 aromatic heterocycles. The summed E-state index contributed by atoms with van der Waals surface area (Å²) in [5, 5.41) is 0. The van der Waals surface area contributed by atoms with Crippen molar-refractivity contribution in [2.24, 2.45) is 0 Å². The van der Waals surface area contributed by atoms with Crippen molar-refractivity contribution in [2.75, 3.05) is 0 Å². The molecule has 3 heteroatoms. The molecule has 0 aliphatic heterocycles. The van der Waals surface area contributed by atoms with Gasteiger partial charge in [-0.2, -0.15) is 0 Å². The second kappa shape index (κ2) is 5.61. The van der Waals surface area contributed by atoms with Crippen LogP contribution in [0.3, 0.4) is 0 Å². The van der Waals surface area contributed by atoms with Gasteiger partial charge in [0.15, 0.2) is 0 Å². The first-order chi connectivity index (χ1) is 8.61. The minimum atomic E-state index is 0.858. The maximum absolute atomic E-state index is 4.65. The summed E-state index contributed by atoms with van der Waals surface area (Å²) in [4.78, 5) is 9.06. The van der Waals surface area contributed by atoms with E-state index in [1.165, 1.54) is 16.7 Å². The fourth-order valence-corrected chi connectivity index (χ4v) is 2.39. The summed E-state index contributed by atoms with van der Waals surface area (Å²) in [6, 6.07) is 8.31. The van der Waals surface area contributed by atoms with Gasteiger partial charge in [-0.1, -0.05) is 25.1 Å². The van der Waals surface area contributed by atoms with Crippen molar-refractivity contribution in [1.29, 1.82) is 0 Å². The van der Waals surface area contributed by atoms with E-state index in [9.17, 15) is 0 Å². The lowest BCUT2D eigenvalue weighted by Gasteiger charge is -2.09. The smallest absolute Gasteiger partial charge is 0.130 e. The highest BCUT2D eigenvalue weighted by Crippen LogP contribution is 2.25. The lowest BCUT2D eigenvalue weighted by Crippen LogP contribution is -1.98. The first-order valence-electron chi connectivity index (χ1n) is 6.22. The Morgan fingerprint density at radius 1 is 1.17 bits per heavy atom. The monoisotopic (exact) mass is 304 g/mol. The predicted octanol–water partition coefficient (Wildman–Crippen LogP) is 4.48. The zero-order valence-electron chi connectivity index (χ0n) is 11.0. The normalized spacial score (nSPS) is 10.7. The van der Waals surface area contributed by atoms with Gasteiger partial charge >= 0.3 is 0 Å². The van der Waals surface area contributed by atoms with E-state index >= 15 is 0 Å². The fourth-order valence-electron chi connectivity index (χ4n) is 1.97. The molecule has 1 aromatic carbocycles. The topological polar surface area (TPSA) is 25.8 Å². The molecule has 0 aliphatic rings. The van der Waals surface area contributed by atoms with Crippen LogP contribution >= 0.6 is 15.9 Å². The molecule has 2 aromatic rings. The van der Waals surface area contributed by atoms with Crippen molar-refractivity contribution in [1.82, 2.24) is 9.97 Å². The molecule has 0 radical (unpaired) electrons. The van der Waals surface area contributed by atoms with Crippen LogP contribution in [0.5, 0.6) is 0 Å². The molecule has 18 heavy (non-hydrogen) atoms. The average molecular weight is 305 g/mol. The first-order valence-corrected chi connectivity index (χ1v) is 7.01. The van der Waals surface area contributed by atoms with Gasteiger partial charge in [-0.25, -0.2) is 9.97 Å². The molecule has 2 rings (SSSR count). The van der Waals surface area contributed by atoms with E-state index in [0.717, 1.165) is 29.0 Å². The van der Waals surface area contributed by atoms with Crippen LogP contribution < -0.4 is 0 Å². The third kappa shape index (κ3) is 2.78. The van der Waals surface area contributed by atoms with Gasteiger partial charge < -0.3 is 0 Å². The van der Waals surface area contributed by atoms with E-state index < -0.39 is 0 Å². The molecular formula is C15H17BrN2. The maximum atomic E-state index is 4.65. The van der Waals surface area contributed by atoms with Gasteiger partial charge in [0.1, 0.15) is 10.4 Å². The molecule has 0 spiro atoms. The Balaban J connectivity index is 2.53. The number of halogens is 1. The Morgan fingerprint density at radius 2 is 1.94 bits per heavy atom. The van der Waals surface area contributed by atoms with Gasteiger partial charge in [-0.15, -0.1) is 0 Å². The summed E-state index contributed by atoms with van der Waals surface area (Å²) in [7, 11) is 0. The van der Waals surface area contributed by atoms with Crippen molar-refractivity contribution >= 4 is 15.9 Å². The zero-order chi connectivity index (χ0) is 13.1. The quantitative estimate of drug-likeness (QED) is 0.782. The van der Waals surface area contributed by atoms with Gasteiger partial charge in [0.2, 0.25) is 0 Å². The van der Waals surface area contributed by atoms with Gasteiger partial charge in [-0.05, 0) is 53.4 Å². The third-order valence-corrected chi connectivity index (χ3v) is 3.50. The zero-order valence-corrected chi connectivity index (χ0v) is 12.6. The summed E-state index contributed by atoms with van der Waals surface area (Å²) in [6.07, 6.45) is 1.97. The number of rotatable bonds is 3. The first kappa shape index (κ1) is 13.2. The molecule has 0 bridgehead atoms. The number of nitrogens with zero attached hydrogens (tertiary/aromatic N) is 2. The maximum Gasteiger partial charge on any atom is 0.130 e. The van der Waals surface area contributed by atoms with Gasteiger partial charge in [0.05, 0.1) is 5.69 Å². The van der Waals surface area contributed by atoms with Gasteiger partial charge in [0, 0.05) is 12.0 Å². The summed E-state index contributed by atoms with van der Waals surface area (Å²) in [5.74, 6) is 0.905. The highest BCUT2D eigenvalue weighted by Gasteiger charge is 2.08. The number of benzene rings is 1. The molecular weight excluding hydrogens is 288 g/mol. The van der Waals surface area contributed by atoms with E-state index in [4.69, 9.17) is 0 Å². The minimum Gasteiger partial charge on any atom is -0.233 e. The van der Waals surface area contributed by atoms with Crippen molar-refractivity contribution in [3.63, 3.8) is 0 Å². The lowest BCUT2D eigenvalue weighted by atomic mass is 10.0. The molecule has 0 saturated carbocycles. The number of aromatic nitrogens is 2. The third-order valence-electron chi connectivity index (χ3n) is 3.10. The Hall–Kier alpha value is -1.22. The van der Waals surface area contributed by atoms with Crippen LogP contribution in [0.1, 0.15) is 30.3 Å². The molecule has 0 atom stereocenters. The van der Waals surface area contributed by atoms with E-state index in [2.05, 4.69) is 64.9 Å². The van der Waals surface area contributed by atoms with Crippen LogP contribution in [0.15, 0.2) is 28.9 Å². The fraction of sp³-hybridized carbons (Fsp3) is 0.333. The Bertz CT molecular complexity index is 564. The van der Waals surface area contributed by atoms with Crippen molar-refractivity contribution < 1.29 is 0 Å². The number of hydrogen-bond donors (Lipinski definition) is 0. The molecule has 0 saturated heterocycles.